The van der Waals surface area contributed by atoms with Crippen molar-refractivity contribution in [1.82, 2.24) is 15.6 Å². The van der Waals surface area contributed by atoms with Gasteiger partial charge in [-0.2, -0.15) is 0 Å². The Morgan fingerprint density at radius 2 is 1.66 bits per heavy atom. The molecule has 1 heterocycles. The molecule has 0 saturated heterocycles. The number of ketones is 1. The van der Waals surface area contributed by atoms with Gasteiger partial charge in [-0.05, 0) is 66.6 Å². The first-order valence-corrected chi connectivity index (χ1v) is 16.3. The van der Waals surface area contributed by atoms with E-state index >= 15 is 0 Å². The number of amides is 1. The Balaban J connectivity index is 1.59. The number of nitrogens with one attached hydrogen (secondary N) is 3. The number of hydrogen-bond acceptors (Lipinski definition) is 6. The second kappa shape index (κ2) is 20.1. The zero-order valence-electron chi connectivity index (χ0n) is 25.9. The number of Topliss-reactive ketones (excluding diaryl/α,β-unsaturated/α-hetero) is 1. The first-order chi connectivity index (χ1) is 21.3. The van der Waals surface area contributed by atoms with Gasteiger partial charge in [-0.25, -0.2) is 4.98 Å². The number of benzene rings is 2. The first-order valence-electron chi connectivity index (χ1n) is 15.5. The Kier molecular flexibility index (Phi) is 16.3. The number of carbonyl (C=O) groups is 2. The Morgan fingerprint density at radius 3 is 2.36 bits per heavy atom. The fourth-order valence-electron chi connectivity index (χ4n) is 4.81. The average molecular weight is 642 g/mol. The summed E-state index contributed by atoms with van der Waals surface area (Å²) >= 11 is 12.7. The maximum atomic E-state index is 13.1. The quantitative estimate of drug-likeness (QED) is 0.104. The fourth-order valence-corrected chi connectivity index (χ4v) is 5.36. The third-order valence-electron chi connectivity index (χ3n) is 7.21. The van der Waals surface area contributed by atoms with Gasteiger partial charge < -0.3 is 20.7 Å². The molecule has 0 aliphatic rings. The van der Waals surface area contributed by atoms with E-state index in [-0.39, 0.29) is 30.1 Å². The smallest absolute Gasteiger partial charge is 0.221 e. The van der Waals surface area contributed by atoms with E-state index in [1.54, 1.807) is 12.3 Å². The molecule has 3 rings (SSSR count). The average Bonchev–Trinajstić information content (AvgIpc) is 2.99. The maximum absolute atomic E-state index is 13.1. The maximum Gasteiger partial charge on any atom is 0.221 e. The minimum absolute atomic E-state index is 0.0495. The van der Waals surface area contributed by atoms with E-state index in [0.717, 1.165) is 42.8 Å². The summed E-state index contributed by atoms with van der Waals surface area (Å²) in [7, 11) is 0. The summed E-state index contributed by atoms with van der Waals surface area (Å²) in [4.78, 5) is 30.2. The second-order valence-electron chi connectivity index (χ2n) is 11.6. The van der Waals surface area contributed by atoms with Gasteiger partial charge in [-0.1, -0.05) is 73.4 Å². The molecule has 2 atom stereocenters. The summed E-state index contributed by atoms with van der Waals surface area (Å²) in [5.74, 6) is 1.42. The van der Waals surface area contributed by atoms with Crippen molar-refractivity contribution in [1.29, 1.82) is 0 Å². The largest absolute Gasteiger partial charge is 0.376 e. The van der Waals surface area contributed by atoms with Crippen LogP contribution >= 0.6 is 23.2 Å². The molecule has 3 N–H and O–H groups in total. The molecule has 0 aliphatic carbocycles. The number of unbranched alkanes of at least 4 members (excludes halogenated alkanes) is 1. The van der Waals surface area contributed by atoms with Crippen LogP contribution in [-0.2, 0) is 20.9 Å². The minimum atomic E-state index is -0.324. The van der Waals surface area contributed by atoms with E-state index in [4.69, 9.17) is 27.9 Å². The molecule has 0 spiro atoms. The van der Waals surface area contributed by atoms with Crippen molar-refractivity contribution in [2.24, 2.45) is 11.8 Å². The Bertz CT molecular complexity index is 1240. The lowest BCUT2D eigenvalue weighted by Crippen LogP contribution is -2.35. The van der Waals surface area contributed by atoms with Crippen LogP contribution in [0.15, 0.2) is 72.9 Å². The minimum Gasteiger partial charge on any atom is -0.376 e. The van der Waals surface area contributed by atoms with Gasteiger partial charge in [0.1, 0.15) is 11.6 Å². The monoisotopic (exact) mass is 640 g/mol. The number of pyridine rings is 1. The van der Waals surface area contributed by atoms with Gasteiger partial charge in [-0.3, -0.25) is 9.59 Å². The molecule has 2 unspecified atom stereocenters. The highest BCUT2D eigenvalue weighted by atomic mass is 35.5. The Labute approximate surface area is 272 Å². The number of halogens is 2. The van der Waals surface area contributed by atoms with Gasteiger partial charge in [0.2, 0.25) is 5.91 Å². The zero-order chi connectivity index (χ0) is 31.6. The summed E-state index contributed by atoms with van der Waals surface area (Å²) in [5, 5.41) is 10.9. The summed E-state index contributed by atoms with van der Waals surface area (Å²) in [6.45, 7) is 7.03. The lowest BCUT2D eigenvalue weighted by Gasteiger charge is -2.24. The number of rotatable bonds is 21. The molecule has 0 saturated carbocycles. The second-order valence-corrected chi connectivity index (χ2v) is 12.5. The van der Waals surface area contributed by atoms with Crippen LogP contribution in [0.4, 0.5) is 5.82 Å². The van der Waals surface area contributed by atoms with Crippen molar-refractivity contribution in [2.45, 2.75) is 65.0 Å². The Hall–Kier alpha value is -2.97. The van der Waals surface area contributed by atoms with Gasteiger partial charge in [0.05, 0.1) is 13.2 Å². The number of anilines is 1. The summed E-state index contributed by atoms with van der Waals surface area (Å²) in [6.07, 6.45) is 5.45. The van der Waals surface area contributed by atoms with E-state index in [9.17, 15) is 9.59 Å². The van der Waals surface area contributed by atoms with E-state index in [0.29, 0.717) is 55.1 Å². The van der Waals surface area contributed by atoms with Crippen molar-refractivity contribution in [3.8, 4) is 0 Å². The van der Waals surface area contributed by atoms with E-state index in [1.165, 1.54) is 0 Å². The van der Waals surface area contributed by atoms with Crippen LogP contribution in [-0.4, -0.2) is 42.9 Å². The molecule has 0 aliphatic heterocycles. The number of carbonyl (C=O) groups excluding carboxylic acids is 2. The van der Waals surface area contributed by atoms with Crippen LogP contribution in [0.25, 0.3) is 0 Å². The predicted octanol–water partition coefficient (Wildman–Crippen LogP) is 7.65. The molecule has 0 radical (unpaired) electrons. The molecule has 44 heavy (non-hydrogen) atoms. The zero-order valence-corrected chi connectivity index (χ0v) is 27.4. The van der Waals surface area contributed by atoms with Crippen molar-refractivity contribution < 1.29 is 14.3 Å². The van der Waals surface area contributed by atoms with Gasteiger partial charge in [0.15, 0.2) is 0 Å². The highest BCUT2D eigenvalue weighted by Crippen LogP contribution is 2.26. The van der Waals surface area contributed by atoms with E-state index in [1.807, 2.05) is 60.7 Å². The SMILES string of the molecule is CC(C)CCNC(=O)CC(NCC(COCc1ccccc1)CC(=O)CCCCNc1ccccn1)c1cc(Cl)cc(Cl)c1. The molecule has 238 valence electrons. The molecule has 0 bridgehead atoms. The molecule has 7 nitrogen and oxygen atoms in total. The molecule has 3 aromatic rings. The van der Waals surface area contributed by atoms with Crippen molar-refractivity contribution in [3.05, 3.63) is 94.1 Å². The summed E-state index contributed by atoms with van der Waals surface area (Å²) < 4.78 is 6.08. The molecule has 1 aromatic heterocycles. The molecular formula is C35H46Cl2N4O3. The molecule has 0 fully saturated rings. The highest BCUT2D eigenvalue weighted by molar-refractivity contribution is 6.34. The van der Waals surface area contributed by atoms with Crippen LogP contribution in [0, 0.1) is 11.8 Å². The van der Waals surface area contributed by atoms with Gasteiger partial charge in [0, 0.05) is 67.1 Å². The van der Waals surface area contributed by atoms with Crippen LogP contribution in [0.1, 0.15) is 69.5 Å². The van der Waals surface area contributed by atoms with E-state index < -0.39 is 0 Å². The normalized spacial score (nSPS) is 12.6. The highest BCUT2D eigenvalue weighted by Gasteiger charge is 2.21. The lowest BCUT2D eigenvalue weighted by molar-refractivity contribution is -0.122. The third kappa shape index (κ3) is 14.7. The number of ether oxygens (including phenoxy) is 1. The van der Waals surface area contributed by atoms with Crippen molar-refractivity contribution in [3.63, 3.8) is 0 Å². The first kappa shape index (κ1) is 35.5. The number of aromatic nitrogens is 1. The lowest BCUT2D eigenvalue weighted by atomic mass is 9.98. The van der Waals surface area contributed by atoms with Gasteiger partial charge in [-0.15, -0.1) is 0 Å². The molecular weight excluding hydrogens is 595 g/mol. The van der Waals surface area contributed by atoms with Gasteiger partial charge in [0.25, 0.3) is 0 Å². The Morgan fingerprint density at radius 1 is 0.909 bits per heavy atom. The van der Waals surface area contributed by atoms with Crippen LogP contribution in [0.2, 0.25) is 10.0 Å². The summed E-state index contributed by atoms with van der Waals surface area (Å²) in [5.41, 5.74) is 1.91. The van der Waals surface area contributed by atoms with Crippen molar-refractivity contribution >= 4 is 40.7 Å². The standard InChI is InChI=1S/C35H46Cl2N4O3/c1-26(2)14-17-40-35(43)22-33(29-19-30(36)21-31(37)20-29)41-23-28(25-44-24-27-10-4-3-5-11-27)18-32(42)12-6-8-15-38-34-13-7-9-16-39-34/h3-5,7,9-11,13,16,19-21,26,28,33,41H,6,8,12,14-15,17-18,22-25H2,1-2H3,(H,38,39)(H,40,43). The van der Waals surface area contributed by atoms with Gasteiger partial charge >= 0.3 is 0 Å². The van der Waals surface area contributed by atoms with Crippen molar-refractivity contribution in [2.75, 3.05) is 31.6 Å². The van der Waals surface area contributed by atoms with Crippen LogP contribution in [0.3, 0.4) is 0 Å². The topological polar surface area (TPSA) is 92.4 Å². The summed E-state index contributed by atoms with van der Waals surface area (Å²) in [6, 6.07) is 20.8. The van der Waals surface area contributed by atoms with E-state index in [2.05, 4.69) is 34.8 Å². The molecule has 1 amide bonds. The van der Waals surface area contributed by atoms with Crippen LogP contribution in [0.5, 0.6) is 0 Å². The third-order valence-corrected chi connectivity index (χ3v) is 7.64. The fraction of sp³-hybridized carbons (Fsp3) is 0.457. The number of nitrogens with zero attached hydrogens (tertiary/aromatic N) is 1. The van der Waals surface area contributed by atoms with Crippen LogP contribution < -0.4 is 16.0 Å². The molecule has 9 heteroatoms. The molecule has 2 aromatic carbocycles. The predicted molar refractivity (Wildman–Crippen MR) is 180 cm³/mol. The number of hydrogen-bond donors (Lipinski definition) is 3.